The molecule has 0 aliphatic carbocycles. The van der Waals surface area contributed by atoms with Crippen LogP contribution in [0.1, 0.15) is 26.3 Å². The van der Waals surface area contributed by atoms with E-state index < -0.39 is 10.1 Å². The minimum Gasteiger partial charge on any atom is -0.494 e. The molecule has 0 aromatic heterocycles. The fraction of sp³-hybridized carbons (Fsp3) is 0.500. The number of halogens is 2. The van der Waals surface area contributed by atoms with Crippen molar-refractivity contribution in [2.45, 2.75) is 31.6 Å². The number of alkyl halides is 1. The second kappa shape index (κ2) is 6.37. The van der Waals surface area contributed by atoms with Gasteiger partial charge in [0.1, 0.15) is 0 Å². The van der Waals surface area contributed by atoms with Gasteiger partial charge in [-0.2, -0.15) is 0 Å². The summed E-state index contributed by atoms with van der Waals surface area (Å²) in [5, 5.41) is 0. The van der Waals surface area contributed by atoms with Crippen molar-refractivity contribution >= 4 is 21.8 Å². The van der Waals surface area contributed by atoms with E-state index in [0.717, 1.165) is 5.56 Å². The van der Waals surface area contributed by atoms with Crippen molar-refractivity contribution in [2.75, 3.05) is 13.7 Å². The van der Waals surface area contributed by atoms with Crippen LogP contribution in [0.4, 0.5) is 4.39 Å². The topological polar surface area (TPSA) is 29.5 Å². The van der Waals surface area contributed by atoms with Crippen LogP contribution in [-0.2, 0) is 11.3 Å². The molecule has 0 bridgehead atoms. The summed E-state index contributed by atoms with van der Waals surface area (Å²) < 4.78 is 17.9. The molecule has 1 amide bonds. The molecule has 0 aliphatic rings. The fourth-order valence-corrected chi connectivity index (χ4v) is 1.98. The zero-order chi connectivity index (χ0) is 14.6. The van der Waals surface area contributed by atoms with Crippen LogP contribution in [0.25, 0.3) is 0 Å². The van der Waals surface area contributed by atoms with Crippen molar-refractivity contribution in [1.82, 2.24) is 4.90 Å². The minimum atomic E-state index is -0.617. The van der Waals surface area contributed by atoms with Gasteiger partial charge in [-0.1, -0.05) is 22.0 Å². The van der Waals surface area contributed by atoms with Gasteiger partial charge >= 0.3 is 0 Å². The molecule has 0 unspecified atom stereocenters. The molecule has 0 heterocycles. The number of methoxy groups -OCH3 is 1. The highest BCUT2D eigenvalue weighted by Crippen LogP contribution is 2.22. The summed E-state index contributed by atoms with van der Waals surface area (Å²) in [5.41, 5.74) is 0.741. The lowest BCUT2D eigenvalue weighted by Crippen LogP contribution is -2.41. The molecule has 5 heteroatoms. The van der Waals surface area contributed by atoms with Crippen LogP contribution in [0.2, 0.25) is 0 Å². The van der Waals surface area contributed by atoms with Crippen LogP contribution in [-0.4, -0.2) is 28.8 Å². The number of rotatable bonds is 5. The number of hydrogen-bond acceptors (Lipinski definition) is 2. The van der Waals surface area contributed by atoms with E-state index in [-0.39, 0.29) is 11.7 Å². The number of carbonyl (C=O) groups excluding carboxylic acids is 1. The number of hydrogen-bond donors (Lipinski definition) is 0. The Morgan fingerprint density at radius 2 is 2.11 bits per heavy atom. The summed E-state index contributed by atoms with van der Waals surface area (Å²) in [4.78, 5) is 13.8. The number of carbonyl (C=O) groups is 1. The standard InChI is InChI=1S/C14H19BrFNO2/c1-5-17(13(18)14(2,3)15)9-10-6-7-12(19-4)11(16)8-10/h6-8H,5,9H2,1-4H3. The molecule has 0 radical (unpaired) electrons. The Morgan fingerprint density at radius 1 is 1.47 bits per heavy atom. The molecule has 0 N–H and O–H groups in total. The normalized spacial score (nSPS) is 11.3. The van der Waals surface area contributed by atoms with Gasteiger partial charge < -0.3 is 9.64 Å². The molecule has 1 aromatic rings. The third-order valence-corrected chi connectivity index (χ3v) is 3.11. The molecule has 0 atom stereocenters. The van der Waals surface area contributed by atoms with Crippen molar-refractivity contribution in [1.29, 1.82) is 0 Å². The summed E-state index contributed by atoms with van der Waals surface area (Å²) in [6.07, 6.45) is 0. The summed E-state index contributed by atoms with van der Waals surface area (Å²) in [5.74, 6) is -0.230. The van der Waals surface area contributed by atoms with E-state index in [9.17, 15) is 9.18 Å². The third kappa shape index (κ3) is 4.20. The van der Waals surface area contributed by atoms with Gasteiger partial charge in [-0.3, -0.25) is 4.79 Å². The fourth-order valence-electron chi connectivity index (χ4n) is 1.73. The van der Waals surface area contributed by atoms with Gasteiger partial charge in [0.25, 0.3) is 0 Å². The monoisotopic (exact) mass is 331 g/mol. The maximum atomic E-state index is 13.6. The second-order valence-corrected chi connectivity index (χ2v) is 6.74. The third-order valence-electron chi connectivity index (χ3n) is 2.77. The van der Waals surface area contributed by atoms with Crippen molar-refractivity contribution in [2.24, 2.45) is 0 Å². The highest BCUT2D eigenvalue weighted by Gasteiger charge is 2.28. The maximum absolute atomic E-state index is 13.6. The predicted octanol–water partition coefficient (Wildman–Crippen LogP) is 3.36. The van der Waals surface area contributed by atoms with Crippen LogP contribution < -0.4 is 4.74 Å². The average Bonchev–Trinajstić information content (AvgIpc) is 2.34. The largest absolute Gasteiger partial charge is 0.494 e. The molecule has 0 spiro atoms. The van der Waals surface area contributed by atoms with E-state index in [1.807, 2.05) is 6.92 Å². The highest BCUT2D eigenvalue weighted by molar-refractivity contribution is 9.10. The maximum Gasteiger partial charge on any atom is 0.239 e. The van der Waals surface area contributed by atoms with Gasteiger partial charge in [-0.25, -0.2) is 4.39 Å². The number of benzene rings is 1. The van der Waals surface area contributed by atoms with E-state index in [1.165, 1.54) is 13.2 Å². The van der Waals surface area contributed by atoms with Gasteiger partial charge in [0.2, 0.25) is 5.91 Å². The Bertz CT molecular complexity index is 457. The first kappa shape index (κ1) is 16.0. The highest BCUT2D eigenvalue weighted by atomic mass is 79.9. The van der Waals surface area contributed by atoms with E-state index >= 15 is 0 Å². The van der Waals surface area contributed by atoms with Gasteiger partial charge in [-0.05, 0) is 38.5 Å². The molecule has 1 rings (SSSR count). The van der Waals surface area contributed by atoms with Gasteiger partial charge in [0.05, 0.1) is 11.4 Å². The molecular formula is C14H19BrFNO2. The summed E-state index contributed by atoms with van der Waals surface area (Å²) >= 11 is 3.35. The van der Waals surface area contributed by atoms with E-state index in [4.69, 9.17) is 4.74 Å². The Balaban J connectivity index is 2.88. The molecule has 0 saturated heterocycles. The van der Waals surface area contributed by atoms with E-state index in [1.54, 1.807) is 30.9 Å². The molecule has 0 saturated carbocycles. The van der Waals surface area contributed by atoms with Crippen molar-refractivity contribution in [3.8, 4) is 5.75 Å². The summed E-state index contributed by atoms with van der Waals surface area (Å²) in [6, 6.07) is 4.73. The predicted molar refractivity (Wildman–Crippen MR) is 77.0 cm³/mol. The molecule has 0 aliphatic heterocycles. The molecule has 106 valence electrons. The van der Waals surface area contributed by atoms with Crippen LogP contribution in [0.5, 0.6) is 5.75 Å². The Morgan fingerprint density at radius 3 is 2.53 bits per heavy atom. The van der Waals surface area contributed by atoms with Crippen LogP contribution >= 0.6 is 15.9 Å². The lowest BCUT2D eigenvalue weighted by atomic mass is 10.1. The quantitative estimate of drug-likeness (QED) is 0.774. The van der Waals surface area contributed by atoms with Gasteiger partial charge in [0.15, 0.2) is 11.6 Å². The smallest absolute Gasteiger partial charge is 0.239 e. The summed E-state index contributed by atoms with van der Waals surface area (Å²) in [6.45, 7) is 6.45. The number of amides is 1. The summed E-state index contributed by atoms with van der Waals surface area (Å²) in [7, 11) is 1.42. The second-order valence-electron chi connectivity index (χ2n) is 4.76. The van der Waals surface area contributed by atoms with E-state index in [0.29, 0.717) is 13.1 Å². The zero-order valence-corrected chi connectivity index (χ0v) is 13.3. The van der Waals surface area contributed by atoms with Gasteiger partial charge in [-0.15, -0.1) is 0 Å². The van der Waals surface area contributed by atoms with Crippen LogP contribution in [0.3, 0.4) is 0 Å². The Labute approximate surface area is 121 Å². The van der Waals surface area contributed by atoms with Crippen molar-refractivity contribution < 1.29 is 13.9 Å². The van der Waals surface area contributed by atoms with Crippen LogP contribution in [0, 0.1) is 5.82 Å². The minimum absolute atomic E-state index is 0.0220. The zero-order valence-electron chi connectivity index (χ0n) is 11.7. The Hall–Kier alpha value is -1.10. The molecule has 0 fully saturated rings. The SMILES string of the molecule is CCN(Cc1ccc(OC)c(F)c1)C(=O)C(C)(C)Br. The molecule has 19 heavy (non-hydrogen) atoms. The first-order chi connectivity index (χ1) is 8.79. The van der Waals surface area contributed by atoms with Crippen molar-refractivity contribution in [3.05, 3.63) is 29.6 Å². The van der Waals surface area contributed by atoms with Crippen LogP contribution in [0.15, 0.2) is 18.2 Å². The molecule has 3 nitrogen and oxygen atoms in total. The number of nitrogens with zero attached hydrogens (tertiary/aromatic N) is 1. The first-order valence-electron chi connectivity index (χ1n) is 6.10. The number of ether oxygens (including phenoxy) is 1. The van der Waals surface area contributed by atoms with Crippen molar-refractivity contribution in [3.63, 3.8) is 0 Å². The molecular weight excluding hydrogens is 313 g/mol. The Kier molecular flexibility index (Phi) is 5.35. The molecule has 1 aromatic carbocycles. The average molecular weight is 332 g/mol. The lowest BCUT2D eigenvalue weighted by molar-refractivity contribution is -0.133. The van der Waals surface area contributed by atoms with Gasteiger partial charge in [0, 0.05) is 13.1 Å². The first-order valence-corrected chi connectivity index (χ1v) is 6.89. The lowest BCUT2D eigenvalue weighted by Gasteiger charge is -2.27. The van der Waals surface area contributed by atoms with E-state index in [2.05, 4.69) is 15.9 Å².